The lowest BCUT2D eigenvalue weighted by molar-refractivity contribution is -0.385. The Hall–Kier alpha value is -1.70. The van der Waals surface area contributed by atoms with E-state index in [1.807, 2.05) is 0 Å². The molecule has 1 aromatic carbocycles. The molecule has 0 saturated heterocycles. The second-order valence-corrected chi connectivity index (χ2v) is 2.82. The van der Waals surface area contributed by atoms with Crippen molar-refractivity contribution in [3.8, 4) is 5.75 Å². The molecule has 0 bridgehead atoms. The number of aliphatic hydroxyl groups excluding tert-OH is 2. The maximum atomic E-state index is 10.1. The van der Waals surface area contributed by atoms with E-state index in [0.29, 0.717) is 0 Å². The van der Waals surface area contributed by atoms with Gasteiger partial charge in [-0.2, -0.15) is 0 Å². The van der Waals surface area contributed by atoms with Gasteiger partial charge in [-0.1, -0.05) is 12.1 Å². The number of nitro groups is 1. The van der Waals surface area contributed by atoms with Gasteiger partial charge < -0.3 is 21.1 Å². The van der Waals surface area contributed by atoms with Gasteiger partial charge in [-0.15, -0.1) is 0 Å². The van der Waals surface area contributed by atoms with E-state index in [1.54, 1.807) is 0 Å². The van der Waals surface area contributed by atoms with E-state index >= 15 is 0 Å². The number of aromatic hydroxyl groups is 1. The molecule has 0 aromatic heterocycles. The van der Waals surface area contributed by atoms with Crippen molar-refractivity contribution < 1.29 is 20.2 Å². The topological polar surface area (TPSA) is 130 Å². The fourth-order valence-corrected chi connectivity index (χ4v) is 0.693. The van der Waals surface area contributed by atoms with Gasteiger partial charge in [0.2, 0.25) is 0 Å². The van der Waals surface area contributed by atoms with E-state index in [1.165, 1.54) is 24.3 Å². The van der Waals surface area contributed by atoms with Crippen LogP contribution in [0.2, 0.25) is 0 Å². The largest absolute Gasteiger partial charge is 0.502 e. The molecule has 0 aliphatic carbocycles. The summed E-state index contributed by atoms with van der Waals surface area (Å²) < 4.78 is 0. The summed E-state index contributed by atoms with van der Waals surface area (Å²) in [4.78, 5) is 9.44. The smallest absolute Gasteiger partial charge is 0.310 e. The quantitative estimate of drug-likeness (QED) is 0.413. The van der Waals surface area contributed by atoms with Crippen LogP contribution in [0.5, 0.6) is 5.75 Å². The first-order valence-corrected chi connectivity index (χ1v) is 4.44. The lowest BCUT2D eigenvalue weighted by atomic mass is 10.3. The normalized spacial score (nSPS) is 11.2. The van der Waals surface area contributed by atoms with Crippen molar-refractivity contribution in [2.24, 2.45) is 5.73 Å². The average Bonchev–Trinajstić information content (AvgIpc) is 2.29. The van der Waals surface area contributed by atoms with Crippen molar-refractivity contribution >= 4 is 5.69 Å². The number of para-hydroxylation sites is 2. The molecule has 0 saturated carbocycles. The molecule has 7 nitrogen and oxygen atoms in total. The number of benzene rings is 1. The van der Waals surface area contributed by atoms with Gasteiger partial charge in [0.15, 0.2) is 5.75 Å². The number of phenols is 1. The molecule has 0 aliphatic rings. The van der Waals surface area contributed by atoms with E-state index in [4.69, 9.17) is 21.1 Å². The summed E-state index contributed by atoms with van der Waals surface area (Å²) in [7, 11) is 0. The van der Waals surface area contributed by atoms with Crippen LogP contribution in [-0.4, -0.2) is 39.5 Å². The first-order chi connectivity index (χ1) is 7.52. The van der Waals surface area contributed by atoms with Crippen molar-refractivity contribution in [2.45, 2.75) is 6.10 Å². The molecule has 0 heterocycles. The van der Waals surface area contributed by atoms with Gasteiger partial charge in [0.25, 0.3) is 0 Å². The molecule has 0 aliphatic heterocycles. The number of nitro benzene ring substituents is 1. The van der Waals surface area contributed by atoms with Crippen LogP contribution in [-0.2, 0) is 0 Å². The van der Waals surface area contributed by atoms with Crippen LogP contribution in [0.3, 0.4) is 0 Å². The van der Waals surface area contributed by atoms with Gasteiger partial charge in [0.1, 0.15) is 0 Å². The highest BCUT2D eigenvalue weighted by Gasteiger charge is 2.09. The molecule has 0 fully saturated rings. The molecule has 0 spiro atoms. The molecule has 7 heteroatoms. The monoisotopic (exact) mass is 230 g/mol. The molecular formula is C9H14N2O5. The van der Waals surface area contributed by atoms with Crippen molar-refractivity contribution in [1.82, 2.24) is 0 Å². The highest BCUT2D eigenvalue weighted by Crippen LogP contribution is 2.23. The van der Waals surface area contributed by atoms with Gasteiger partial charge in [-0.05, 0) is 6.07 Å². The number of hydrogen-bond donors (Lipinski definition) is 4. The number of aliphatic hydroxyl groups is 2. The third-order valence-corrected chi connectivity index (χ3v) is 1.56. The van der Waals surface area contributed by atoms with Crippen LogP contribution in [0.25, 0.3) is 0 Å². The molecule has 16 heavy (non-hydrogen) atoms. The van der Waals surface area contributed by atoms with E-state index in [0.717, 1.165) is 0 Å². The summed E-state index contributed by atoms with van der Waals surface area (Å²) in [6.07, 6.45) is -0.731. The Morgan fingerprint density at radius 3 is 2.25 bits per heavy atom. The molecule has 1 rings (SSSR count). The lowest BCUT2D eigenvalue weighted by Gasteiger charge is -1.97. The number of nitrogens with zero attached hydrogens (tertiary/aromatic N) is 1. The van der Waals surface area contributed by atoms with E-state index < -0.39 is 11.0 Å². The zero-order valence-corrected chi connectivity index (χ0v) is 8.48. The molecule has 1 unspecified atom stereocenters. The SMILES string of the molecule is NCC(O)CO.O=[N+]([O-])c1ccccc1O. The maximum Gasteiger partial charge on any atom is 0.310 e. The number of rotatable bonds is 3. The van der Waals surface area contributed by atoms with Crippen LogP contribution < -0.4 is 5.73 Å². The van der Waals surface area contributed by atoms with E-state index in [9.17, 15) is 10.1 Å². The van der Waals surface area contributed by atoms with Gasteiger partial charge in [-0.25, -0.2) is 0 Å². The van der Waals surface area contributed by atoms with E-state index in [2.05, 4.69) is 0 Å². The lowest BCUT2D eigenvalue weighted by Crippen LogP contribution is -2.22. The molecule has 1 aromatic rings. The zero-order chi connectivity index (χ0) is 12.6. The second kappa shape index (κ2) is 7.57. The first-order valence-electron chi connectivity index (χ1n) is 4.44. The van der Waals surface area contributed by atoms with Gasteiger partial charge in [0, 0.05) is 12.6 Å². The summed E-state index contributed by atoms with van der Waals surface area (Å²) in [5.41, 5.74) is 4.61. The van der Waals surface area contributed by atoms with Crippen molar-refractivity contribution in [2.75, 3.05) is 13.2 Å². The summed E-state index contributed by atoms with van der Waals surface area (Å²) in [5, 5.41) is 35.2. The number of hydrogen-bond acceptors (Lipinski definition) is 6. The Labute approximate surface area is 91.9 Å². The minimum absolute atomic E-state index is 0.135. The predicted molar refractivity (Wildman–Crippen MR) is 56.9 cm³/mol. The molecule has 0 radical (unpaired) electrons. The number of phenolic OH excluding ortho intramolecular Hbond substituents is 1. The summed E-state index contributed by atoms with van der Waals surface area (Å²) >= 11 is 0. The van der Waals surface area contributed by atoms with Gasteiger partial charge >= 0.3 is 5.69 Å². The first kappa shape index (κ1) is 14.3. The molecule has 5 N–H and O–H groups in total. The Kier molecular flexibility index (Phi) is 6.77. The average molecular weight is 230 g/mol. The Balaban J connectivity index is 0.000000325. The fourth-order valence-electron chi connectivity index (χ4n) is 0.693. The summed E-state index contributed by atoms with van der Waals surface area (Å²) in [6, 6.07) is 5.55. The molecule has 0 amide bonds. The fraction of sp³-hybridized carbons (Fsp3) is 0.333. The van der Waals surface area contributed by atoms with Gasteiger partial charge in [-0.3, -0.25) is 10.1 Å². The highest BCUT2D eigenvalue weighted by atomic mass is 16.6. The van der Waals surface area contributed by atoms with Crippen LogP contribution in [0.1, 0.15) is 0 Å². The van der Waals surface area contributed by atoms with Crippen LogP contribution in [0.4, 0.5) is 5.69 Å². The van der Waals surface area contributed by atoms with Crippen molar-refractivity contribution in [1.29, 1.82) is 0 Å². The van der Waals surface area contributed by atoms with Crippen LogP contribution in [0, 0.1) is 10.1 Å². The minimum Gasteiger partial charge on any atom is -0.502 e. The molecule has 1 atom stereocenters. The zero-order valence-electron chi connectivity index (χ0n) is 8.48. The summed E-state index contributed by atoms with van der Waals surface area (Å²) in [6.45, 7) is -0.104. The summed E-state index contributed by atoms with van der Waals surface area (Å²) in [5.74, 6) is -0.299. The molecular weight excluding hydrogens is 216 g/mol. The Morgan fingerprint density at radius 1 is 1.44 bits per heavy atom. The third kappa shape index (κ3) is 5.25. The standard InChI is InChI=1S/C6H5NO3.C3H9NO2/c8-6-4-2-1-3-5(6)7(9)10;4-1-3(6)2-5/h1-4,8H;3,5-6H,1-2,4H2. The Bertz CT molecular complexity index is 327. The predicted octanol–water partition coefficient (Wildman–Crippen LogP) is -0.401. The van der Waals surface area contributed by atoms with Crippen LogP contribution in [0.15, 0.2) is 24.3 Å². The van der Waals surface area contributed by atoms with Crippen molar-refractivity contribution in [3.05, 3.63) is 34.4 Å². The second-order valence-electron chi connectivity index (χ2n) is 2.82. The van der Waals surface area contributed by atoms with Crippen LogP contribution >= 0.6 is 0 Å². The molecule has 90 valence electrons. The number of nitrogens with two attached hydrogens (primary N) is 1. The van der Waals surface area contributed by atoms with Crippen molar-refractivity contribution in [3.63, 3.8) is 0 Å². The minimum atomic E-state index is -0.731. The maximum absolute atomic E-state index is 10.1. The third-order valence-electron chi connectivity index (χ3n) is 1.56. The Morgan fingerprint density at radius 2 is 2.00 bits per heavy atom. The van der Waals surface area contributed by atoms with E-state index in [-0.39, 0.29) is 24.6 Å². The highest BCUT2D eigenvalue weighted by molar-refractivity contribution is 5.44. The van der Waals surface area contributed by atoms with Gasteiger partial charge in [0.05, 0.1) is 17.6 Å².